The van der Waals surface area contributed by atoms with Crippen molar-refractivity contribution in [1.82, 2.24) is 4.57 Å². The van der Waals surface area contributed by atoms with Crippen molar-refractivity contribution in [3.05, 3.63) is 164 Å². The summed E-state index contributed by atoms with van der Waals surface area (Å²) in [4.78, 5) is 0. The molecule has 0 aliphatic heterocycles. The molecule has 49 heavy (non-hydrogen) atoms. The Morgan fingerprint density at radius 3 is 1.76 bits per heavy atom. The van der Waals surface area contributed by atoms with Crippen molar-refractivity contribution in [3.8, 4) is 27.9 Å². The highest BCUT2D eigenvalue weighted by atomic mass is 16.3. The van der Waals surface area contributed by atoms with Crippen molar-refractivity contribution in [2.75, 3.05) is 0 Å². The number of fused-ring (bicyclic) bond motifs is 9. The van der Waals surface area contributed by atoms with E-state index in [-0.39, 0.29) is 0 Å². The molecule has 3 aromatic heterocycles. The predicted molar refractivity (Wildman–Crippen MR) is 204 cm³/mol. The van der Waals surface area contributed by atoms with E-state index in [4.69, 9.17) is 8.83 Å². The van der Waals surface area contributed by atoms with E-state index in [1.54, 1.807) is 6.26 Å². The largest absolute Gasteiger partial charge is 0.464 e. The standard InChI is InChI=1S/C46H27NO2/c1-2-12-30(13-3-1)47-39-20-10-8-14-31(39)32-23-22-28(27-40(32)47)42-34-16-4-6-18-36(34)43(37-19-7-5-17-35(37)42)44-45-29(24-25-48-45)26-38-33-15-9-11-21-41(33)49-46(38)44/h1-27H. The molecule has 0 unspecified atom stereocenters. The molecule has 3 heterocycles. The smallest absolute Gasteiger partial charge is 0.147 e. The molecule has 0 saturated carbocycles. The molecule has 11 aromatic rings. The van der Waals surface area contributed by atoms with Gasteiger partial charge in [0.05, 0.1) is 22.9 Å². The van der Waals surface area contributed by atoms with Crippen LogP contribution in [0.15, 0.2) is 173 Å². The summed E-state index contributed by atoms with van der Waals surface area (Å²) in [6.07, 6.45) is 1.79. The van der Waals surface area contributed by atoms with Crippen molar-refractivity contribution in [1.29, 1.82) is 0 Å². The summed E-state index contributed by atoms with van der Waals surface area (Å²) in [5.74, 6) is 0. The maximum absolute atomic E-state index is 6.70. The van der Waals surface area contributed by atoms with Gasteiger partial charge in [-0.15, -0.1) is 0 Å². The molecule has 0 amide bonds. The van der Waals surface area contributed by atoms with Crippen LogP contribution in [0.3, 0.4) is 0 Å². The fourth-order valence-corrected chi connectivity index (χ4v) is 8.21. The van der Waals surface area contributed by atoms with E-state index in [9.17, 15) is 0 Å². The molecule has 0 radical (unpaired) electrons. The van der Waals surface area contributed by atoms with Crippen LogP contribution < -0.4 is 0 Å². The third-order valence-electron chi connectivity index (χ3n) is 10.2. The number of benzene rings is 8. The summed E-state index contributed by atoms with van der Waals surface area (Å²) >= 11 is 0. The van der Waals surface area contributed by atoms with Gasteiger partial charge in [-0.05, 0) is 75.1 Å². The zero-order valence-corrected chi connectivity index (χ0v) is 26.4. The number of hydrogen-bond acceptors (Lipinski definition) is 2. The zero-order valence-electron chi connectivity index (χ0n) is 26.4. The van der Waals surface area contributed by atoms with Gasteiger partial charge in [-0.1, -0.05) is 115 Å². The number of rotatable bonds is 3. The topological polar surface area (TPSA) is 31.2 Å². The molecule has 0 aliphatic carbocycles. The minimum Gasteiger partial charge on any atom is -0.464 e. The fraction of sp³-hybridized carbons (Fsp3) is 0. The van der Waals surface area contributed by atoms with Gasteiger partial charge in [0.15, 0.2) is 0 Å². The molecule has 0 aliphatic rings. The van der Waals surface area contributed by atoms with E-state index in [1.807, 2.05) is 12.1 Å². The van der Waals surface area contributed by atoms with Gasteiger partial charge in [0, 0.05) is 38.2 Å². The summed E-state index contributed by atoms with van der Waals surface area (Å²) in [6.45, 7) is 0. The van der Waals surface area contributed by atoms with Crippen LogP contribution in [0.2, 0.25) is 0 Å². The summed E-state index contributed by atoms with van der Waals surface area (Å²) in [5, 5.41) is 10.4. The third kappa shape index (κ3) is 3.67. The van der Waals surface area contributed by atoms with Crippen LogP contribution in [0.5, 0.6) is 0 Å². The second kappa shape index (κ2) is 9.96. The molecule has 0 fully saturated rings. The van der Waals surface area contributed by atoms with E-state index >= 15 is 0 Å². The first-order valence-corrected chi connectivity index (χ1v) is 16.7. The average Bonchev–Trinajstić information content (AvgIpc) is 3.87. The van der Waals surface area contributed by atoms with Gasteiger partial charge in [-0.25, -0.2) is 0 Å². The van der Waals surface area contributed by atoms with Gasteiger partial charge >= 0.3 is 0 Å². The van der Waals surface area contributed by atoms with Crippen molar-refractivity contribution in [2.24, 2.45) is 0 Å². The third-order valence-corrected chi connectivity index (χ3v) is 10.2. The lowest BCUT2D eigenvalue weighted by atomic mass is 9.85. The van der Waals surface area contributed by atoms with Gasteiger partial charge in [0.2, 0.25) is 0 Å². The highest BCUT2D eigenvalue weighted by Crippen LogP contribution is 2.49. The zero-order chi connectivity index (χ0) is 32.1. The monoisotopic (exact) mass is 625 g/mol. The van der Waals surface area contributed by atoms with E-state index in [1.165, 1.54) is 43.7 Å². The molecular weight excluding hydrogens is 599 g/mol. The predicted octanol–water partition coefficient (Wildman–Crippen LogP) is 13.1. The van der Waals surface area contributed by atoms with Gasteiger partial charge in [0.25, 0.3) is 0 Å². The quantitative estimate of drug-likeness (QED) is 0.183. The molecule has 0 N–H and O–H groups in total. The first-order chi connectivity index (χ1) is 24.3. The van der Waals surface area contributed by atoms with E-state index in [2.05, 4.69) is 150 Å². The highest BCUT2D eigenvalue weighted by Gasteiger charge is 2.24. The Labute approximate surface area is 280 Å². The lowest BCUT2D eigenvalue weighted by molar-refractivity contribution is 0.615. The summed E-state index contributed by atoms with van der Waals surface area (Å²) in [5.41, 5.74) is 10.6. The number of para-hydroxylation sites is 3. The molecule has 0 atom stereocenters. The first kappa shape index (κ1) is 26.5. The lowest BCUT2D eigenvalue weighted by Crippen LogP contribution is -1.94. The van der Waals surface area contributed by atoms with Crippen LogP contribution in [-0.4, -0.2) is 4.57 Å². The van der Waals surface area contributed by atoms with Gasteiger partial charge in [-0.2, -0.15) is 0 Å². The van der Waals surface area contributed by atoms with Crippen molar-refractivity contribution in [2.45, 2.75) is 0 Å². The Hall–Kier alpha value is -6.58. The SMILES string of the molecule is c1ccc(-n2c3ccccc3c3ccc(-c4c5ccccc5c(-c5c6occc6cc6c5oc5ccccc56)c5ccccc45)cc32)cc1. The second-order valence-electron chi connectivity index (χ2n) is 12.8. The Bertz CT molecular complexity index is 3050. The van der Waals surface area contributed by atoms with E-state index in [0.717, 1.165) is 60.5 Å². The Morgan fingerprint density at radius 1 is 0.388 bits per heavy atom. The van der Waals surface area contributed by atoms with Crippen molar-refractivity contribution >= 4 is 76.3 Å². The lowest BCUT2D eigenvalue weighted by Gasteiger charge is -2.18. The van der Waals surface area contributed by atoms with Crippen LogP contribution in [0.1, 0.15) is 0 Å². The Morgan fingerprint density at radius 2 is 1.00 bits per heavy atom. The molecule has 11 rings (SSSR count). The fourth-order valence-electron chi connectivity index (χ4n) is 8.21. The molecule has 228 valence electrons. The van der Waals surface area contributed by atoms with Gasteiger partial charge < -0.3 is 13.4 Å². The molecule has 8 aromatic carbocycles. The molecule has 0 saturated heterocycles. The first-order valence-electron chi connectivity index (χ1n) is 16.7. The van der Waals surface area contributed by atoms with Crippen LogP contribution in [-0.2, 0) is 0 Å². The van der Waals surface area contributed by atoms with Gasteiger partial charge in [0.1, 0.15) is 16.7 Å². The molecule has 3 nitrogen and oxygen atoms in total. The summed E-state index contributed by atoms with van der Waals surface area (Å²) in [7, 11) is 0. The maximum Gasteiger partial charge on any atom is 0.147 e. The normalized spacial score (nSPS) is 12.1. The number of nitrogens with zero attached hydrogens (tertiary/aromatic N) is 1. The minimum atomic E-state index is 0.836. The van der Waals surface area contributed by atoms with Crippen molar-refractivity contribution < 1.29 is 8.83 Å². The van der Waals surface area contributed by atoms with E-state index < -0.39 is 0 Å². The van der Waals surface area contributed by atoms with Crippen LogP contribution in [0.25, 0.3) is 104 Å². The maximum atomic E-state index is 6.70. The van der Waals surface area contributed by atoms with Crippen molar-refractivity contribution in [3.63, 3.8) is 0 Å². The molecule has 3 heteroatoms. The minimum absolute atomic E-state index is 0.836. The van der Waals surface area contributed by atoms with Crippen LogP contribution >= 0.6 is 0 Å². The van der Waals surface area contributed by atoms with Crippen LogP contribution in [0, 0.1) is 0 Å². The molecular formula is C46H27NO2. The number of hydrogen-bond donors (Lipinski definition) is 0. The summed E-state index contributed by atoms with van der Waals surface area (Å²) in [6, 6.07) is 56.5. The highest BCUT2D eigenvalue weighted by molar-refractivity contribution is 6.28. The Kier molecular flexibility index (Phi) is 5.38. The van der Waals surface area contributed by atoms with E-state index in [0.29, 0.717) is 0 Å². The molecule has 0 bridgehead atoms. The molecule has 0 spiro atoms. The van der Waals surface area contributed by atoms with Crippen LogP contribution in [0.4, 0.5) is 0 Å². The number of furan rings is 2. The van der Waals surface area contributed by atoms with Gasteiger partial charge in [-0.3, -0.25) is 0 Å². The number of aromatic nitrogens is 1. The second-order valence-corrected chi connectivity index (χ2v) is 12.8. The summed E-state index contributed by atoms with van der Waals surface area (Å²) < 4.78 is 15.4. The average molecular weight is 626 g/mol. The Balaban J connectivity index is 1.28.